The molecule has 0 saturated carbocycles. The van der Waals surface area contributed by atoms with E-state index in [9.17, 15) is 0 Å². The third kappa shape index (κ3) is 4.12. The van der Waals surface area contributed by atoms with Crippen LogP contribution in [0, 0.1) is 0 Å². The lowest BCUT2D eigenvalue weighted by atomic mass is 9.67. The fourth-order valence-corrected chi connectivity index (χ4v) is 9.25. The highest BCUT2D eigenvalue weighted by Gasteiger charge is 2.48. The van der Waals surface area contributed by atoms with Crippen molar-refractivity contribution in [1.29, 1.82) is 0 Å². The van der Waals surface area contributed by atoms with Crippen molar-refractivity contribution in [2.75, 3.05) is 0 Å². The lowest BCUT2D eigenvalue weighted by molar-refractivity contribution is 0.767. The number of pyridine rings is 2. The van der Waals surface area contributed by atoms with Crippen molar-refractivity contribution in [3.05, 3.63) is 192 Å². The van der Waals surface area contributed by atoms with E-state index in [0.717, 1.165) is 22.5 Å². The summed E-state index contributed by atoms with van der Waals surface area (Å²) in [6.07, 6.45) is 3.79. The van der Waals surface area contributed by atoms with E-state index >= 15 is 0 Å². The maximum absolute atomic E-state index is 5.00. The van der Waals surface area contributed by atoms with Crippen molar-refractivity contribution in [2.24, 2.45) is 14.1 Å². The first kappa shape index (κ1) is 29.9. The van der Waals surface area contributed by atoms with Gasteiger partial charge in [0.2, 0.25) is 0 Å². The van der Waals surface area contributed by atoms with E-state index in [2.05, 4.69) is 181 Å². The van der Waals surface area contributed by atoms with Gasteiger partial charge in [-0.25, -0.2) is 0 Å². The van der Waals surface area contributed by atoms with Crippen molar-refractivity contribution >= 4 is 43.6 Å². The Bertz CT molecular complexity index is 2870. The first-order valence-electron chi connectivity index (χ1n) is 18.2. The van der Waals surface area contributed by atoms with Gasteiger partial charge >= 0.3 is 0 Å². The molecule has 250 valence electrons. The maximum atomic E-state index is 5.00. The van der Waals surface area contributed by atoms with Gasteiger partial charge in [-0.2, -0.15) is 0 Å². The molecule has 4 nitrogen and oxygen atoms in total. The molecule has 0 saturated heterocycles. The first-order valence-corrected chi connectivity index (χ1v) is 18.2. The second kappa shape index (κ2) is 11.1. The van der Waals surface area contributed by atoms with Crippen LogP contribution in [-0.4, -0.2) is 19.1 Å². The molecule has 0 amide bonds. The van der Waals surface area contributed by atoms with Crippen LogP contribution in [0.5, 0.6) is 0 Å². The highest BCUT2D eigenvalue weighted by molar-refractivity contribution is 6.11. The van der Waals surface area contributed by atoms with E-state index in [1.54, 1.807) is 0 Å². The monoisotopic (exact) mass is 678 g/mol. The number of aromatic nitrogens is 4. The molecular formula is C49H34N4. The number of nitrogens with zero attached hydrogens (tertiary/aromatic N) is 4. The molecule has 0 unspecified atom stereocenters. The van der Waals surface area contributed by atoms with Crippen LogP contribution in [0.25, 0.3) is 77.3 Å². The van der Waals surface area contributed by atoms with Crippen molar-refractivity contribution < 1.29 is 0 Å². The molecule has 0 radical (unpaired) electrons. The van der Waals surface area contributed by atoms with E-state index in [0.29, 0.717) is 0 Å². The molecule has 4 heterocycles. The van der Waals surface area contributed by atoms with E-state index in [4.69, 9.17) is 9.97 Å². The molecule has 11 rings (SSSR count). The van der Waals surface area contributed by atoms with Gasteiger partial charge in [0.25, 0.3) is 0 Å². The lowest BCUT2D eigenvalue weighted by Crippen LogP contribution is -2.28. The van der Waals surface area contributed by atoms with Crippen LogP contribution in [0.1, 0.15) is 22.3 Å². The predicted molar refractivity (Wildman–Crippen MR) is 218 cm³/mol. The number of rotatable bonds is 4. The summed E-state index contributed by atoms with van der Waals surface area (Å²) in [5.41, 5.74) is 15.7. The third-order valence-electron chi connectivity index (χ3n) is 11.7. The number of fused-ring (bicyclic) bond motifs is 9. The quantitative estimate of drug-likeness (QED) is 0.186. The minimum atomic E-state index is -0.645. The molecule has 0 spiro atoms. The van der Waals surface area contributed by atoms with Crippen molar-refractivity contribution in [1.82, 2.24) is 19.1 Å². The number of hydrogen-bond acceptors (Lipinski definition) is 2. The van der Waals surface area contributed by atoms with Gasteiger partial charge in [-0.05, 0) is 105 Å². The van der Waals surface area contributed by atoms with E-state index < -0.39 is 5.41 Å². The maximum Gasteiger partial charge on any atom is 0.0937 e. The molecule has 0 bridgehead atoms. The molecule has 4 aromatic heterocycles. The van der Waals surface area contributed by atoms with Crippen LogP contribution in [-0.2, 0) is 19.5 Å². The zero-order valence-corrected chi connectivity index (χ0v) is 29.5. The summed E-state index contributed by atoms with van der Waals surface area (Å²) in [5, 5.41) is 4.96. The summed E-state index contributed by atoms with van der Waals surface area (Å²) in [4.78, 5) is 10.00. The summed E-state index contributed by atoms with van der Waals surface area (Å²) in [6.45, 7) is 0. The summed E-state index contributed by atoms with van der Waals surface area (Å²) in [7, 11) is 4.35. The zero-order chi connectivity index (χ0) is 35.3. The van der Waals surface area contributed by atoms with E-state index in [1.165, 1.54) is 77.0 Å². The zero-order valence-electron chi connectivity index (χ0n) is 29.5. The Balaban J connectivity index is 1.22. The van der Waals surface area contributed by atoms with Crippen LogP contribution in [0.2, 0.25) is 0 Å². The number of aryl methyl sites for hydroxylation is 2. The second-order valence-corrected chi connectivity index (χ2v) is 14.3. The summed E-state index contributed by atoms with van der Waals surface area (Å²) in [6, 6.07) is 57.9. The molecule has 0 N–H and O–H groups in total. The van der Waals surface area contributed by atoms with Gasteiger partial charge in [-0.3, -0.25) is 9.97 Å². The topological polar surface area (TPSA) is 35.6 Å². The van der Waals surface area contributed by atoms with E-state index in [1.807, 2.05) is 12.4 Å². The number of benzene rings is 6. The average Bonchev–Trinajstić information content (AvgIpc) is 3.80. The van der Waals surface area contributed by atoms with Crippen molar-refractivity contribution in [2.45, 2.75) is 5.41 Å². The molecular weight excluding hydrogens is 645 g/mol. The van der Waals surface area contributed by atoms with Gasteiger partial charge in [0, 0.05) is 70.1 Å². The Hall–Kier alpha value is -6.78. The van der Waals surface area contributed by atoms with E-state index in [-0.39, 0.29) is 0 Å². The molecule has 0 aliphatic heterocycles. The fourth-order valence-electron chi connectivity index (χ4n) is 9.25. The summed E-state index contributed by atoms with van der Waals surface area (Å²) < 4.78 is 4.64. The highest BCUT2D eigenvalue weighted by Crippen LogP contribution is 2.56. The van der Waals surface area contributed by atoms with Gasteiger partial charge in [0.1, 0.15) is 0 Å². The van der Waals surface area contributed by atoms with Gasteiger partial charge in [0.05, 0.1) is 16.8 Å². The SMILES string of the molecule is Cn1c2ccc(-c3ccccc3)cc2c2cc(C3(c4ccc5c(c4)c4cc(-c6ccccc6)ccc4n5C)c4cccnc4-c4ncccc43)ccc21. The van der Waals surface area contributed by atoms with Crippen LogP contribution < -0.4 is 0 Å². The Morgan fingerprint density at radius 2 is 0.774 bits per heavy atom. The molecule has 10 aromatic rings. The fraction of sp³-hybridized carbons (Fsp3) is 0.0612. The normalized spacial score (nSPS) is 13.2. The average molecular weight is 679 g/mol. The summed E-state index contributed by atoms with van der Waals surface area (Å²) >= 11 is 0. The minimum Gasteiger partial charge on any atom is -0.344 e. The molecule has 1 aliphatic rings. The lowest BCUT2D eigenvalue weighted by Gasteiger charge is -2.33. The van der Waals surface area contributed by atoms with Gasteiger partial charge < -0.3 is 9.13 Å². The van der Waals surface area contributed by atoms with Gasteiger partial charge in [-0.1, -0.05) is 97.1 Å². The number of hydrogen-bond donors (Lipinski definition) is 0. The minimum absolute atomic E-state index is 0.645. The third-order valence-corrected chi connectivity index (χ3v) is 11.7. The van der Waals surface area contributed by atoms with Crippen LogP contribution in [0.4, 0.5) is 0 Å². The molecule has 0 atom stereocenters. The summed E-state index contributed by atoms with van der Waals surface area (Å²) in [5.74, 6) is 0. The molecule has 53 heavy (non-hydrogen) atoms. The van der Waals surface area contributed by atoms with Crippen LogP contribution >= 0.6 is 0 Å². The highest BCUT2D eigenvalue weighted by atomic mass is 14.9. The van der Waals surface area contributed by atoms with Crippen molar-refractivity contribution in [3.63, 3.8) is 0 Å². The molecule has 0 fully saturated rings. The van der Waals surface area contributed by atoms with Crippen LogP contribution in [0.15, 0.2) is 170 Å². The molecule has 1 aliphatic carbocycles. The Kier molecular flexibility index (Phi) is 6.27. The largest absolute Gasteiger partial charge is 0.344 e. The smallest absolute Gasteiger partial charge is 0.0937 e. The first-order chi connectivity index (χ1) is 26.1. The van der Waals surface area contributed by atoms with Crippen molar-refractivity contribution in [3.8, 4) is 33.6 Å². The second-order valence-electron chi connectivity index (χ2n) is 14.3. The van der Waals surface area contributed by atoms with Gasteiger partial charge in [0.15, 0.2) is 0 Å². The van der Waals surface area contributed by atoms with Gasteiger partial charge in [-0.15, -0.1) is 0 Å². The Morgan fingerprint density at radius 1 is 0.377 bits per heavy atom. The molecule has 4 heteroatoms. The predicted octanol–water partition coefficient (Wildman–Crippen LogP) is 11.5. The van der Waals surface area contributed by atoms with Crippen LogP contribution in [0.3, 0.4) is 0 Å². The standard InChI is InChI=1S/C49H34N4/c1-52-43-21-17-33(31-11-5-3-6-12-31)27-37(43)39-29-35(19-23-45(39)52)49(41-15-9-25-50-47(41)48-42(49)16-10-26-51-48)36-20-24-46-40(30-36)38-28-34(18-22-44(38)53(46)2)32-13-7-4-8-14-32/h3-30H,1-2H3. The molecule has 6 aromatic carbocycles. The Morgan fingerprint density at radius 3 is 1.21 bits per heavy atom. The Labute approximate surface area is 307 Å².